The van der Waals surface area contributed by atoms with Crippen LogP contribution in [-0.2, 0) is 4.79 Å². The first-order chi connectivity index (χ1) is 10.7. The van der Waals surface area contributed by atoms with Gasteiger partial charge in [-0.05, 0) is 25.8 Å². The van der Waals surface area contributed by atoms with Gasteiger partial charge in [-0.1, -0.05) is 30.3 Å². The van der Waals surface area contributed by atoms with Crippen molar-refractivity contribution in [3.8, 4) is 0 Å². The van der Waals surface area contributed by atoms with Gasteiger partial charge >= 0.3 is 0 Å². The Kier molecular flexibility index (Phi) is 8.98. The van der Waals surface area contributed by atoms with Gasteiger partial charge in [0.15, 0.2) is 5.96 Å². The number of halogens is 1. The number of likely N-dealkylation sites (tertiary alicyclic amines) is 1. The molecule has 0 aromatic heterocycles. The second kappa shape index (κ2) is 10.5. The number of amides is 1. The summed E-state index contributed by atoms with van der Waals surface area (Å²) in [5.41, 5.74) is 1.38. The Labute approximate surface area is 156 Å². The number of benzene rings is 1. The van der Waals surface area contributed by atoms with Gasteiger partial charge in [-0.2, -0.15) is 0 Å². The van der Waals surface area contributed by atoms with Gasteiger partial charge < -0.3 is 15.5 Å². The monoisotopic (exact) mass is 430 g/mol. The SMILES string of the molecule is CCNC(=O)CN=C(NCC)N1CCC(c2ccccc2)C1.I. The number of rotatable bonds is 5. The predicted molar refractivity (Wildman–Crippen MR) is 105 cm³/mol. The summed E-state index contributed by atoms with van der Waals surface area (Å²) in [7, 11) is 0. The highest BCUT2D eigenvalue weighted by molar-refractivity contribution is 14.0. The third kappa shape index (κ3) is 6.01. The van der Waals surface area contributed by atoms with Gasteiger partial charge in [0.1, 0.15) is 6.54 Å². The topological polar surface area (TPSA) is 56.7 Å². The van der Waals surface area contributed by atoms with E-state index < -0.39 is 0 Å². The van der Waals surface area contributed by atoms with Crippen LogP contribution < -0.4 is 10.6 Å². The lowest BCUT2D eigenvalue weighted by molar-refractivity contribution is -0.119. The number of guanidine groups is 1. The maximum Gasteiger partial charge on any atom is 0.241 e. The minimum absolute atomic E-state index is 0. The first-order valence-electron chi connectivity index (χ1n) is 8.09. The maximum atomic E-state index is 11.6. The molecule has 1 saturated heterocycles. The van der Waals surface area contributed by atoms with Crippen molar-refractivity contribution in [3.05, 3.63) is 35.9 Å². The summed E-state index contributed by atoms with van der Waals surface area (Å²) < 4.78 is 0. The van der Waals surface area contributed by atoms with Crippen LogP contribution in [0.15, 0.2) is 35.3 Å². The summed E-state index contributed by atoms with van der Waals surface area (Å²) in [5.74, 6) is 1.35. The fraction of sp³-hybridized carbons (Fsp3) is 0.529. The molecule has 1 aliphatic heterocycles. The second-order valence-electron chi connectivity index (χ2n) is 5.47. The van der Waals surface area contributed by atoms with E-state index in [1.165, 1.54) is 5.56 Å². The molecule has 6 heteroatoms. The largest absolute Gasteiger partial charge is 0.357 e. The lowest BCUT2D eigenvalue weighted by Gasteiger charge is -2.21. The van der Waals surface area contributed by atoms with Crippen LogP contribution in [0, 0.1) is 0 Å². The first-order valence-corrected chi connectivity index (χ1v) is 8.09. The molecule has 128 valence electrons. The van der Waals surface area contributed by atoms with Gasteiger partial charge in [-0.25, -0.2) is 4.99 Å². The average Bonchev–Trinajstić information content (AvgIpc) is 3.02. The fourth-order valence-electron chi connectivity index (χ4n) is 2.78. The van der Waals surface area contributed by atoms with Crippen LogP contribution in [0.2, 0.25) is 0 Å². The summed E-state index contributed by atoms with van der Waals surface area (Å²) in [5, 5.41) is 6.07. The van der Waals surface area contributed by atoms with Crippen LogP contribution in [0.3, 0.4) is 0 Å². The fourth-order valence-corrected chi connectivity index (χ4v) is 2.78. The van der Waals surface area contributed by atoms with Crippen molar-refractivity contribution >= 4 is 35.8 Å². The smallest absolute Gasteiger partial charge is 0.241 e. The van der Waals surface area contributed by atoms with Crippen molar-refractivity contribution in [2.45, 2.75) is 26.2 Å². The molecule has 0 aliphatic carbocycles. The molecule has 1 aromatic carbocycles. The normalized spacial score (nSPS) is 17.6. The first kappa shape index (κ1) is 19.7. The molecule has 1 heterocycles. The summed E-state index contributed by atoms with van der Waals surface area (Å²) in [6.45, 7) is 7.52. The molecule has 23 heavy (non-hydrogen) atoms. The van der Waals surface area contributed by atoms with Gasteiger partial charge in [-0.3, -0.25) is 4.79 Å². The molecule has 0 spiro atoms. The van der Waals surface area contributed by atoms with E-state index in [0.29, 0.717) is 12.5 Å². The number of nitrogens with one attached hydrogen (secondary N) is 2. The van der Waals surface area contributed by atoms with Crippen molar-refractivity contribution in [2.75, 3.05) is 32.7 Å². The number of aliphatic imine (C=N–C) groups is 1. The minimum atomic E-state index is -0.0308. The molecule has 0 radical (unpaired) electrons. The van der Waals surface area contributed by atoms with Crippen LogP contribution in [0.1, 0.15) is 31.7 Å². The van der Waals surface area contributed by atoms with E-state index in [9.17, 15) is 4.79 Å². The predicted octanol–water partition coefficient (Wildman–Crippen LogP) is 2.20. The quantitative estimate of drug-likeness (QED) is 0.428. The lowest BCUT2D eigenvalue weighted by Crippen LogP contribution is -2.40. The van der Waals surface area contributed by atoms with E-state index in [4.69, 9.17) is 0 Å². The third-order valence-electron chi connectivity index (χ3n) is 3.84. The second-order valence-corrected chi connectivity index (χ2v) is 5.47. The summed E-state index contributed by atoms with van der Waals surface area (Å²) in [6.07, 6.45) is 1.12. The minimum Gasteiger partial charge on any atom is -0.357 e. The number of carbonyl (C=O) groups is 1. The Hall–Kier alpha value is -1.31. The highest BCUT2D eigenvalue weighted by atomic mass is 127. The van der Waals surface area contributed by atoms with Crippen LogP contribution in [0.4, 0.5) is 0 Å². The van der Waals surface area contributed by atoms with E-state index in [2.05, 4.69) is 44.8 Å². The highest BCUT2D eigenvalue weighted by Gasteiger charge is 2.25. The number of hydrogen-bond acceptors (Lipinski definition) is 2. The molecule has 1 aliphatic rings. The lowest BCUT2D eigenvalue weighted by atomic mass is 9.99. The van der Waals surface area contributed by atoms with Gasteiger partial charge in [0.05, 0.1) is 0 Å². The van der Waals surface area contributed by atoms with Crippen molar-refractivity contribution < 1.29 is 4.79 Å². The molecule has 1 unspecified atom stereocenters. The summed E-state index contributed by atoms with van der Waals surface area (Å²) >= 11 is 0. The van der Waals surface area contributed by atoms with Gasteiger partial charge in [0.25, 0.3) is 0 Å². The third-order valence-corrected chi connectivity index (χ3v) is 3.84. The zero-order valence-corrected chi connectivity index (χ0v) is 16.2. The van der Waals surface area contributed by atoms with Crippen molar-refractivity contribution in [3.63, 3.8) is 0 Å². The Morgan fingerprint density at radius 3 is 2.57 bits per heavy atom. The zero-order valence-electron chi connectivity index (χ0n) is 13.9. The molecule has 0 saturated carbocycles. The van der Waals surface area contributed by atoms with E-state index in [0.717, 1.165) is 32.0 Å². The molecular weight excluding hydrogens is 403 g/mol. The van der Waals surface area contributed by atoms with Crippen LogP contribution in [0.5, 0.6) is 0 Å². The Bertz CT molecular complexity index is 507. The number of carbonyl (C=O) groups excluding carboxylic acids is 1. The van der Waals surface area contributed by atoms with Crippen molar-refractivity contribution in [1.82, 2.24) is 15.5 Å². The zero-order chi connectivity index (χ0) is 15.8. The molecule has 0 bridgehead atoms. The number of likely N-dealkylation sites (N-methyl/N-ethyl adjacent to an activating group) is 1. The standard InChI is InChI=1S/C17H26N4O.HI/c1-3-18-16(22)12-20-17(19-4-2)21-11-10-15(13-21)14-8-6-5-7-9-14;/h5-9,15H,3-4,10-13H2,1-2H3,(H,18,22)(H,19,20);1H. The number of hydrogen-bond donors (Lipinski definition) is 2. The van der Waals surface area contributed by atoms with Crippen LogP contribution in [0.25, 0.3) is 0 Å². The molecule has 2 N–H and O–H groups in total. The maximum absolute atomic E-state index is 11.6. The Morgan fingerprint density at radius 2 is 1.91 bits per heavy atom. The van der Waals surface area contributed by atoms with E-state index in [-0.39, 0.29) is 36.4 Å². The molecule has 1 amide bonds. The molecule has 1 aromatic rings. The van der Waals surface area contributed by atoms with Gasteiger partial charge in [0, 0.05) is 32.1 Å². The number of nitrogens with zero attached hydrogens (tertiary/aromatic N) is 2. The van der Waals surface area contributed by atoms with Crippen LogP contribution >= 0.6 is 24.0 Å². The Balaban J connectivity index is 0.00000264. The molecule has 5 nitrogen and oxygen atoms in total. The summed E-state index contributed by atoms with van der Waals surface area (Å²) in [4.78, 5) is 18.3. The molecule has 2 rings (SSSR count). The van der Waals surface area contributed by atoms with Gasteiger partial charge in [-0.15, -0.1) is 24.0 Å². The van der Waals surface area contributed by atoms with E-state index >= 15 is 0 Å². The van der Waals surface area contributed by atoms with Gasteiger partial charge in [0.2, 0.25) is 5.91 Å². The highest BCUT2D eigenvalue weighted by Crippen LogP contribution is 2.26. The van der Waals surface area contributed by atoms with Crippen molar-refractivity contribution in [2.24, 2.45) is 4.99 Å². The molecular formula is C17H27IN4O. The van der Waals surface area contributed by atoms with E-state index in [1.54, 1.807) is 0 Å². The Morgan fingerprint density at radius 1 is 1.22 bits per heavy atom. The molecule has 1 fully saturated rings. The summed E-state index contributed by atoms with van der Waals surface area (Å²) in [6, 6.07) is 10.6. The molecule has 1 atom stereocenters. The van der Waals surface area contributed by atoms with Crippen molar-refractivity contribution in [1.29, 1.82) is 0 Å². The average molecular weight is 430 g/mol. The van der Waals surface area contributed by atoms with E-state index in [1.807, 2.05) is 19.9 Å². The van der Waals surface area contributed by atoms with Crippen LogP contribution in [-0.4, -0.2) is 49.5 Å².